The van der Waals surface area contributed by atoms with Gasteiger partial charge in [-0.25, -0.2) is 13.2 Å². The van der Waals surface area contributed by atoms with Gasteiger partial charge in [0.1, 0.15) is 0 Å². The zero-order valence-electron chi connectivity index (χ0n) is 14.8. The summed E-state index contributed by atoms with van der Waals surface area (Å²) >= 11 is 0. The molecule has 9 heteroatoms. The van der Waals surface area contributed by atoms with E-state index in [0.717, 1.165) is 0 Å². The highest BCUT2D eigenvalue weighted by molar-refractivity contribution is 7.89. The highest BCUT2D eigenvalue weighted by Gasteiger charge is 2.42. The van der Waals surface area contributed by atoms with Crippen LogP contribution >= 0.6 is 0 Å². The number of aliphatic hydroxyl groups is 1. The van der Waals surface area contributed by atoms with Gasteiger partial charge in [0.05, 0.1) is 23.6 Å². The van der Waals surface area contributed by atoms with Gasteiger partial charge in [0.2, 0.25) is 10.0 Å². The maximum atomic E-state index is 12.7. The van der Waals surface area contributed by atoms with Crippen molar-refractivity contribution in [3.63, 3.8) is 0 Å². The number of carbonyl (C=O) groups is 1. The van der Waals surface area contributed by atoms with Gasteiger partial charge in [0.25, 0.3) is 0 Å². The molecule has 26 heavy (non-hydrogen) atoms. The quantitative estimate of drug-likeness (QED) is 0.799. The molecule has 0 aromatic heterocycles. The summed E-state index contributed by atoms with van der Waals surface area (Å²) in [6.07, 6.45) is -1.07. The van der Waals surface area contributed by atoms with Crippen LogP contribution < -0.4 is 0 Å². The number of hydrogen-bond donors (Lipinski definition) is 1. The molecule has 144 valence electrons. The van der Waals surface area contributed by atoms with E-state index in [2.05, 4.69) is 4.90 Å². The molecule has 0 saturated carbocycles. The number of rotatable bonds is 4. The largest absolute Gasteiger partial charge is 0.450 e. The predicted molar refractivity (Wildman–Crippen MR) is 95.2 cm³/mol. The van der Waals surface area contributed by atoms with Gasteiger partial charge in [-0.2, -0.15) is 4.31 Å². The average Bonchev–Trinajstić information content (AvgIpc) is 3.05. The third kappa shape index (κ3) is 3.85. The smallest absolute Gasteiger partial charge is 0.409 e. The summed E-state index contributed by atoms with van der Waals surface area (Å²) in [5.74, 6) is 0. The lowest BCUT2D eigenvalue weighted by Gasteiger charge is -2.38. The van der Waals surface area contributed by atoms with Gasteiger partial charge in [-0.15, -0.1) is 0 Å². The first-order valence-corrected chi connectivity index (χ1v) is 10.3. The molecule has 2 heterocycles. The number of benzene rings is 1. The number of amides is 1. The molecule has 3 rings (SSSR count). The Kier molecular flexibility index (Phi) is 5.81. The van der Waals surface area contributed by atoms with Crippen molar-refractivity contribution in [1.29, 1.82) is 0 Å². The van der Waals surface area contributed by atoms with Crippen LogP contribution in [0.4, 0.5) is 4.79 Å². The van der Waals surface area contributed by atoms with Crippen LogP contribution in [0.1, 0.15) is 6.92 Å². The van der Waals surface area contributed by atoms with Crippen molar-refractivity contribution >= 4 is 16.1 Å². The van der Waals surface area contributed by atoms with Gasteiger partial charge in [0.15, 0.2) is 0 Å². The highest BCUT2D eigenvalue weighted by atomic mass is 32.2. The minimum Gasteiger partial charge on any atom is -0.450 e. The van der Waals surface area contributed by atoms with Crippen molar-refractivity contribution in [2.45, 2.75) is 24.0 Å². The van der Waals surface area contributed by atoms with Crippen molar-refractivity contribution in [3.05, 3.63) is 30.3 Å². The van der Waals surface area contributed by atoms with Crippen LogP contribution in [0, 0.1) is 0 Å². The van der Waals surface area contributed by atoms with Crippen molar-refractivity contribution in [3.8, 4) is 0 Å². The Morgan fingerprint density at radius 2 is 1.81 bits per heavy atom. The van der Waals surface area contributed by atoms with Crippen LogP contribution in [0.25, 0.3) is 0 Å². The normalized spacial score (nSPS) is 25.4. The second-order valence-corrected chi connectivity index (χ2v) is 8.43. The van der Waals surface area contributed by atoms with E-state index in [0.29, 0.717) is 32.8 Å². The molecule has 0 bridgehead atoms. The molecule has 2 aliphatic rings. The Morgan fingerprint density at radius 1 is 1.15 bits per heavy atom. The van der Waals surface area contributed by atoms with E-state index >= 15 is 0 Å². The van der Waals surface area contributed by atoms with E-state index in [1.165, 1.54) is 4.31 Å². The molecular formula is C17H25N3O5S. The first-order valence-electron chi connectivity index (χ1n) is 8.82. The summed E-state index contributed by atoms with van der Waals surface area (Å²) in [5, 5.41) is 10.4. The lowest BCUT2D eigenvalue weighted by Crippen LogP contribution is -2.55. The first kappa shape index (κ1) is 19.1. The van der Waals surface area contributed by atoms with E-state index in [9.17, 15) is 18.3 Å². The van der Waals surface area contributed by atoms with Crippen molar-refractivity contribution in [1.82, 2.24) is 14.1 Å². The van der Waals surface area contributed by atoms with Crippen LogP contribution in [-0.2, 0) is 14.8 Å². The van der Waals surface area contributed by atoms with Gasteiger partial charge in [0, 0.05) is 39.3 Å². The number of hydrogen-bond acceptors (Lipinski definition) is 6. The molecule has 2 atom stereocenters. The number of sulfonamides is 1. The molecule has 8 nitrogen and oxygen atoms in total. The fraction of sp³-hybridized carbons (Fsp3) is 0.588. The molecule has 2 aliphatic heterocycles. The van der Waals surface area contributed by atoms with E-state index in [4.69, 9.17) is 4.74 Å². The Bertz CT molecular complexity index is 719. The van der Waals surface area contributed by atoms with Crippen LogP contribution in [0.3, 0.4) is 0 Å². The zero-order valence-corrected chi connectivity index (χ0v) is 15.6. The van der Waals surface area contributed by atoms with Crippen LogP contribution in [-0.4, -0.2) is 91.7 Å². The van der Waals surface area contributed by atoms with Gasteiger partial charge in [-0.05, 0) is 19.1 Å². The number of aliphatic hydroxyl groups excluding tert-OH is 1. The Hall–Kier alpha value is -1.68. The average molecular weight is 383 g/mol. The first-order chi connectivity index (χ1) is 12.4. The summed E-state index contributed by atoms with van der Waals surface area (Å²) in [6, 6.07) is 8.00. The van der Waals surface area contributed by atoms with Crippen LogP contribution in [0.5, 0.6) is 0 Å². The number of piperazine rings is 1. The molecule has 2 fully saturated rings. The zero-order chi connectivity index (χ0) is 18.7. The lowest BCUT2D eigenvalue weighted by molar-refractivity contribution is 0.0376. The summed E-state index contributed by atoms with van der Waals surface area (Å²) in [4.78, 5) is 15.7. The second kappa shape index (κ2) is 7.91. The molecule has 0 spiro atoms. The summed E-state index contributed by atoms with van der Waals surface area (Å²) < 4.78 is 31.8. The van der Waals surface area contributed by atoms with Crippen LogP contribution in [0.15, 0.2) is 35.2 Å². The van der Waals surface area contributed by atoms with Gasteiger partial charge in [-0.1, -0.05) is 18.2 Å². The fourth-order valence-corrected chi connectivity index (χ4v) is 4.98. The standard InChI is InChI=1S/C17H25N3O5S/c1-2-25-17(22)19-10-8-18(9-11-19)15-12-20(13-16(15)21)26(23,24)14-6-4-3-5-7-14/h3-7,15-16,21H,2,8-13H2,1H3/t15-,16-/m0/s1. The Labute approximate surface area is 154 Å². The van der Waals surface area contributed by atoms with Gasteiger partial charge < -0.3 is 14.7 Å². The number of ether oxygens (including phenoxy) is 1. The molecule has 1 aromatic rings. The molecule has 0 radical (unpaired) electrons. The lowest BCUT2D eigenvalue weighted by atomic mass is 10.1. The molecule has 1 N–H and O–H groups in total. The Morgan fingerprint density at radius 3 is 2.42 bits per heavy atom. The van der Waals surface area contributed by atoms with Gasteiger partial charge in [-0.3, -0.25) is 4.90 Å². The van der Waals surface area contributed by atoms with Crippen molar-refractivity contribution in [2.75, 3.05) is 45.9 Å². The van der Waals surface area contributed by atoms with Gasteiger partial charge >= 0.3 is 6.09 Å². The minimum atomic E-state index is -3.61. The number of carbonyl (C=O) groups excluding carboxylic acids is 1. The van der Waals surface area contributed by atoms with E-state index in [-0.39, 0.29) is 30.1 Å². The van der Waals surface area contributed by atoms with E-state index in [1.807, 2.05) is 0 Å². The third-order valence-corrected chi connectivity index (χ3v) is 6.76. The fourth-order valence-electron chi connectivity index (χ4n) is 3.48. The number of nitrogens with zero attached hydrogens (tertiary/aromatic N) is 3. The maximum absolute atomic E-state index is 12.7. The molecule has 0 unspecified atom stereocenters. The summed E-state index contributed by atoms with van der Waals surface area (Å²) in [5.41, 5.74) is 0. The third-order valence-electron chi connectivity index (χ3n) is 4.92. The SMILES string of the molecule is CCOC(=O)N1CCN([C@H]2CN(S(=O)(=O)c3ccccc3)C[C@@H]2O)CC1. The molecular weight excluding hydrogens is 358 g/mol. The van der Waals surface area contributed by atoms with E-state index in [1.54, 1.807) is 42.2 Å². The summed E-state index contributed by atoms with van der Waals surface area (Å²) in [6.45, 7) is 4.62. The topological polar surface area (TPSA) is 90.4 Å². The molecule has 2 saturated heterocycles. The predicted octanol–water partition coefficient (Wildman–Crippen LogP) is 0.194. The molecule has 1 aromatic carbocycles. The second-order valence-electron chi connectivity index (χ2n) is 6.49. The minimum absolute atomic E-state index is 0.0833. The Balaban J connectivity index is 1.62. The van der Waals surface area contributed by atoms with E-state index < -0.39 is 16.1 Å². The number of β-amino-alcohol motifs (C(OH)–C–C–N with tert-alkyl or cyclic N) is 1. The molecule has 0 aliphatic carbocycles. The summed E-state index contributed by atoms with van der Waals surface area (Å²) in [7, 11) is -3.61. The maximum Gasteiger partial charge on any atom is 0.409 e. The van der Waals surface area contributed by atoms with Crippen LogP contribution in [0.2, 0.25) is 0 Å². The van der Waals surface area contributed by atoms with Crippen molar-refractivity contribution in [2.24, 2.45) is 0 Å². The van der Waals surface area contributed by atoms with Crippen molar-refractivity contribution < 1.29 is 23.1 Å². The molecule has 1 amide bonds. The monoisotopic (exact) mass is 383 g/mol. The highest BCUT2D eigenvalue weighted by Crippen LogP contribution is 2.24.